The van der Waals surface area contributed by atoms with Crippen LogP contribution in [0, 0.1) is 11.3 Å². The van der Waals surface area contributed by atoms with E-state index in [1.54, 1.807) is 18.2 Å². The lowest BCUT2D eigenvalue weighted by molar-refractivity contribution is -0.141. The number of benzene rings is 2. The zero-order valence-electron chi connectivity index (χ0n) is 14.1. The molecule has 2 rings (SSSR count). The molecule has 0 spiro atoms. The zero-order valence-corrected chi connectivity index (χ0v) is 14.1. The lowest BCUT2D eigenvalue weighted by Crippen LogP contribution is -2.11. The highest BCUT2D eigenvalue weighted by Gasteiger charge is 2.17. The Kier molecular flexibility index (Phi) is 6.30. The average molecular weight is 336 g/mol. The molecule has 1 atom stereocenters. The Balaban J connectivity index is 2.14. The van der Waals surface area contributed by atoms with E-state index in [0.29, 0.717) is 11.1 Å². The molecule has 5 nitrogen and oxygen atoms in total. The minimum atomic E-state index is -0.455. The van der Waals surface area contributed by atoms with E-state index < -0.39 is 5.91 Å². The summed E-state index contributed by atoms with van der Waals surface area (Å²) in [4.78, 5) is 22.9. The van der Waals surface area contributed by atoms with Crippen molar-refractivity contribution in [2.24, 2.45) is 5.73 Å². The van der Waals surface area contributed by atoms with Gasteiger partial charge in [0.05, 0.1) is 25.2 Å². The van der Waals surface area contributed by atoms with Crippen molar-refractivity contribution in [2.75, 3.05) is 7.11 Å². The van der Waals surface area contributed by atoms with E-state index in [1.807, 2.05) is 30.3 Å². The first-order valence-corrected chi connectivity index (χ1v) is 7.99. The van der Waals surface area contributed by atoms with Gasteiger partial charge in [0.15, 0.2) is 0 Å². The fourth-order valence-electron chi connectivity index (χ4n) is 2.71. The second kappa shape index (κ2) is 8.65. The summed E-state index contributed by atoms with van der Waals surface area (Å²) >= 11 is 0. The van der Waals surface area contributed by atoms with Crippen LogP contribution in [-0.4, -0.2) is 19.0 Å². The normalized spacial score (nSPS) is 11.4. The topological polar surface area (TPSA) is 93.2 Å². The number of primary amides is 1. The number of methoxy groups -OCH3 is 1. The molecule has 0 aliphatic rings. The molecule has 25 heavy (non-hydrogen) atoms. The van der Waals surface area contributed by atoms with Crippen LogP contribution in [0.25, 0.3) is 0 Å². The van der Waals surface area contributed by atoms with Gasteiger partial charge in [-0.25, -0.2) is 0 Å². The summed E-state index contributed by atoms with van der Waals surface area (Å²) in [6.07, 6.45) is 1.71. The summed E-state index contributed by atoms with van der Waals surface area (Å²) in [5.74, 6) is -0.781. The molecule has 1 unspecified atom stereocenters. The number of nitrogens with two attached hydrogens (primary N) is 1. The number of aryl methyl sites for hydroxylation is 1. The molecule has 0 bridgehead atoms. The SMILES string of the molecule is COC(=O)CC(CCc1ccc(C(N)=O)cc1)c1cccc(C#N)c1. The highest BCUT2D eigenvalue weighted by Crippen LogP contribution is 2.26. The average Bonchev–Trinajstić information content (AvgIpc) is 2.65. The lowest BCUT2D eigenvalue weighted by Gasteiger charge is -2.16. The van der Waals surface area contributed by atoms with Crippen LogP contribution in [0.1, 0.15) is 45.8 Å². The van der Waals surface area contributed by atoms with Crippen molar-refractivity contribution in [1.82, 2.24) is 0 Å². The Labute approximate surface area is 147 Å². The third-order valence-electron chi connectivity index (χ3n) is 4.15. The summed E-state index contributed by atoms with van der Waals surface area (Å²) in [6, 6.07) is 16.5. The zero-order chi connectivity index (χ0) is 18.2. The van der Waals surface area contributed by atoms with Gasteiger partial charge in [0, 0.05) is 5.56 Å². The van der Waals surface area contributed by atoms with Gasteiger partial charge in [0.1, 0.15) is 0 Å². The maximum absolute atomic E-state index is 11.7. The van der Waals surface area contributed by atoms with E-state index in [4.69, 9.17) is 15.7 Å². The second-order valence-corrected chi connectivity index (χ2v) is 5.81. The Morgan fingerprint density at radius 2 is 1.92 bits per heavy atom. The minimum absolute atomic E-state index is 0.0448. The van der Waals surface area contributed by atoms with E-state index >= 15 is 0 Å². The summed E-state index contributed by atoms with van der Waals surface area (Å²) in [5.41, 5.74) is 8.27. The number of amides is 1. The highest BCUT2D eigenvalue weighted by atomic mass is 16.5. The Morgan fingerprint density at radius 3 is 2.52 bits per heavy atom. The Morgan fingerprint density at radius 1 is 1.20 bits per heavy atom. The van der Waals surface area contributed by atoms with E-state index in [-0.39, 0.29) is 18.3 Å². The Hall–Kier alpha value is -3.13. The van der Waals surface area contributed by atoms with Gasteiger partial charge in [0.2, 0.25) is 5.91 Å². The van der Waals surface area contributed by atoms with Crippen molar-refractivity contribution in [3.05, 3.63) is 70.8 Å². The molecule has 2 aromatic rings. The van der Waals surface area contributed by atoms with Crippen LogP contribution >= 0.6 is 0 Å². The van der Waals surface area contributed by atoms with E-state index in [1.165, 1.54) is 7.11 Å². The summed E-state index contributed by atoms with van der Waals surface area (Å²) in [5, 5.41) is 9.07. The van der Waals surface area contributed by atoms with Crippen LogP contribution in [0.3, 0.4) is 0 Å². The molecule has 0 aliphatic heterocycles. The molecule has 1 amide bonds. The molecule has 0 radical (unpaired) electrons. The van der Waals surface area contributed by atoms with Crippen LogP contribution in [0.15, 0.2) is 48.5 Å². The number of esters is 1. The molecule has 0 fully saturated rings. The molecule has 0 aromatic heterocycles. The summed E-state index contributed by atoms with van der Waals surface area (Å²) < 4.78 is 4.80. The fraction of sp³-hybridized carbons (Fsp3) is 0.250. The first-order chi connectivity index (χ1) is 12.0. The molecule has 2 N–H and O–H groups in total. The molecule has 128 valence electrons. The predicted molar refractivity (Wildman–Crippen MR) is 93.8 cm³/mol. The lowest BCUT2D eigenvalue weighted by atomic mass is 9.89. The number of rotatable bonds is 7. The summed E-state index contributed by atoms with van der Waals surface area (Å²) in [7, 11) is 1.37. The van der Waals surface area contributed by atoms with Gasteiger partial charge in [0.25, 0.3) is 0 Å². The molecule has 0 aliphatic carbocycles. The van der Waals surface area contributed by atoms with Gasteiger partial charge >= 0.3 is 5.97 Å². The number of carbonyl (C=O) groups excluding carboxylic acids is 2. The summed E-state index contributed by atoms with van der Waals surface area (Å²) in [6.45, 7) is 0. The van der Waals surface area contributed by atoms with Gasteiger partial charge < -0.3 is 10.5 Å². The van der Waals surface area contributed by atoms with Gasteiger partial charge in [-0.1, -0.05) is 24.3 Å². The monoisotopic (exact) mass is 336 g/mol. The largest absolute Gasteiger partial charge is 0.469 e. The van der Waals surface area contributed by atoms with E-state index in [2.05, 4.69) is 6.07 Å². The van der Waals surface area contributed by atoms with Crippen molar-refractivity contribution >= 4 is 11.9 Å². The maximum Gasteiger partial charge on any atom is 0.306 e. The molecule has 5 heteroatoms. The van der Waals surface area contributed by atoms with Crippen molar-refractivity contribution < 1.29 is 14.3 Å². The van der Waals surface area contributed by atoms with E-state index in [9.17, 15) is 9.59 Å². The number of hydrogen-bond donors (Lipinski definition) is 1. The van der Waals surface area contributed by atoms with Crippen molar-refractivity contribution in [3.8, 4) is 6.07 Å². The standard InChI is InChI=1S/C20H20N2O3/c1-25-19(23)12-18(17-4-2-3-15(11-17)13-21)10-7-14-5-8-16(9-6-14)20(22)24/h2-6,8-9,11,18H,7,10,12H2,1H3,(H2,22,24). The molecular formula is C20H20N2O3. The van der Waals surface area contributed by atoms with Crippen LogP contribution in [0.2, 0.25) is 0 Å². The maximum atomic E-state index is 11.7. The molecular weight excluding hydrogens is 316 g/mol. The van der Waals surface area contributed by atoms with E-state index in [0.717, 1.165) is 24.0 Å². The van der Waals surface area contributed by atoms with Gasteiger partial charge in [-0.2, -0.15) is 5.26 Å². The number of ether oxygens (including phenoxy) is 1. The first kappa shape index (κ1) is 18.2. The quantitative estimate of drug-likeness (QED) is 0.787. The Bertz CT molecular complexity index is 791. The minimum Gasteiger partial charge on any atom is -0.469 e. The van der Waals surface area contributed by atoms with Crippen LogP contribution in [0.4, 0.5) is 0 Å². The van der Waals surface area contributed by atoms with Crippen LogP contribution < -0.4 is 5.73 Å². The third kappa shape index (κ3) is 5.18. The van der Waals surface area contributed by atoms with Gasteiger partial charge in [-0.15, -0.1) is 0 Å². The second-order valence-electron chi connectivity index (χ2n) is 5.81. The number of nitrogens with zero attached hydrogens (tertiary/aromatic N) is 1. The molecule has 0 saturated carbocycles. The number of carbonyl (C=O) groups is 2. The molecule has 2 aromatic carbocycles. The van der Waals surface area contributed by atoms with Gasteiger partial charge in [-0.05, 0) is 54.2 Å². The van der Waals surface area contributed by atoms with Crippen molar-refractivity contribution in [2.45, 2.75) is 25.2 Å². The highest BCUT2D eigenvalue weighted by molar-refractivity contribution is 5.92. The first-order valence-electron chi connectivity index (χ1n) is 7.99. The molecule has 0 heterocycles. The van der Waals surface area contributed by atoms with Crippen LogP contribution in [-0.2, 0) is 16.0 Å². The third-order valence-corrected chi connectivity index (χ3v) is 4.15. The number of nitriles is 1. The van der Waals surface area contributed by atoms with Crippen molar-refractivity contribution in [3.63, 3.8) is 0 Å². The van der Waals surface area contributed by atoms with Crippen molar-refractivity contribution in [1.29, 1.82) is 5.26 Å². The predicted octanol–water partition coefficient (Wildman–Crippen LogP) is 2.94. The van der Waals surface area contributed by atoms with Gasteiger partial charge in [-0.3, -0.25) is 9.59 Å². The fourth-order valence-corrected chi connectivity index (χ4v) is 2.71. The smallest absolute Gasteiger partial charge is 0.306 e. The molecule has 0 saturated heterocycles. The van der Waals surface area contributed by atoms with Crippen LogP contribution in [0.5, 0.6) is 0 Å². The number of hydrogen-bond acceptors (Lipinski definition) is 4.